The number of nitrogens with one attached hydrogen (secondary N) is 2. The highest BCUT2D eigenvalue weighted by Crippen LogP contribution is 2.22. The van der Waals surface area contributed by atoms with E-state index in [1.54, 1.807) is 6.07 Å². The van der Waals surface area contributed by atoms with Crippen LogP contribution in [0.3, 0.4) is 0 Å². The Bertz CT molecular complexity index is 391. The van der Waals surface area contributed by atoms with E-state index >= 15 is 0 Å². The van der Waals surface area contributed by atoms with Crippen molar-refractivity contribution in [2.45, 2.75) is 19.8 Å². The maximum atomic E-state index is 11.2. The molecule has 94 valence electrons. The minimum Gasteiger partial charge on any atom is -0.465 e. The van der Waals surface area contributed by atoms with Gasteiger partial charge in [0.25, 0.3) is 0 Å². The lowest BCUT2D eigenvalue weighted by Gasteiger charge is -2.07. The van der Waals surface area contributed by atoms with Crippen LogP contribution >= 0.6 is 23.6 Å². The Morgan fingerprint density at radius 2 is 2.29 bits per heavy atom. The third-order valence-electron chi connectivity index (χ3n) is 2.05. The van der Waals surface area contributed by atoms with Gasteiger partial charge in [-0.2, -0.15) is 0 Å². The molecule has 1 rings (SSSR count). The highest BCUT2D eigenvalue weighted by molar-refractivity contribution is 7.80. The number of methoxy groups -OCH3 is 1. The van der Waals surface area contributed by atoms with Gasteiger partial charge in [-0.1, -0.05) is 13.3 Å². The predicted octanol–water partition coefficient (Wildman–Crippen LogP) is 2.62. The highest BCUT2D eigenvalue weighted by Gasteiger charge is 2.09. The van der Waals surface area contributed by atoms with Crippen molar-refractivity contribution in [1.29, 1.82) is 0 Å². The number of hydrogen-bond acceptors (Lipinski definition) is 4. The summed E-state index contributed by atoms with van der Waals surface area (Å²) in [5.74, 6) is -0.326. The number of hydrogen-bond donors (Lipinski definition) is 2. The summed E-state index contributed by atoms with van der Waals surface area (Å²) in [6, 6.07) is 3.53. The van der Waals surface area contributed by atoms with Crippen LogP contribution in [0, 0.1) is 0 Å². The molecule has 0 aromatic carbocycles. The topological polar surface area (TPSA) is 50.4 Å². The molecule has 1 aromatic rings. The normalized spacial score (nSPS) is 9.76. The van der Waals surface area contributed by atoms with Crippen LogP contribution in [-0.2, 0) is 4.74 Å². The Morgan fingerprint density at radius 3 is 2.94 bits per heavy atom. The van der Waals surface area contributed by atoms with E-state index in [0.717, 1.165) is 24.4 Å². The summed E-state index contributed by atoms with van der Waals surface area (Å²) in [5.41, 5.74) is 0. The van der Waals surface area contributed by atoms with Crippen LogP contribution in [0.2, 0.25) is 0 Å². The number of carbonyl (C=O) groups excluding carboxylic acids is 1. The van der Waals surface area contributed by atoms with E-state index in [1.807, 2.05) is 6.07 Å². The van der Waals surface area contributed by atoms with Gasteiger partial charge < -0.3 is 15.4 Å². The van der Waals surface area contributed by atoms with Crippen LogP contribution in [0.4, 0.5) is 5.00 Å². The number of rotatable bonds is 5. The molecule has 0 aliphatic rings. The fourth-order valence-corrected chi connectivity index (χ4v) is 2.26. The van der Waals surface area contributed by atoms with Gasteiger partial charge >= 0.3 is 5.97 Å². The Balaban J connectivity index is 2.43. The van der Waals surface area contributed by atoms with Crippen molar-refractivity contribution >= 4 is 39.6 Å². The van der Waals surface area contributed by atoms with Gasteiger partial charge in [0.1, 0.15) is 4.88 Å². The van der Waals surface area contributed by atoms with Crippen LogP contribution < -0.4 is 10.6 Å². The third kappa shape index (κ3) is 4.70. The third-order valence-corrected chi connectivity index (χ3v) is 3.27. The Kier molecular flexibility index (Phi) is 5.93. The molecule has 2 N–H and O–H groups in total. The standard InChI is InChI=1S/C11H16N2O2S2/c1-3-4-7-12-11(16)13-9-6-5-8(17-9)10(14)15-2/h5-6H,3-4,7H2,1-2H3,(H2,12,13,16). The van der Waals surface area contributed by atoms with E-state index < -0.39 is 0 Å². The summed E-state index contributed by atoms with van der Waals surface area (Å²) in [7, 11) is 1.37. The second-order valence-corrected chi connectivity index (χ2v) is 4.88. The van der Waals surface area contributed by atoms with Gasteiger partial charge in [0.15, 0.2) is 5.11 Å². The largest absolute Gasteiger partial charge is 0.465 e. The van der Waals surface area contributed by atoms with Crippen LogP contribution in [-0.4, -0.2) is 24.7 Å². The Morgan fingerprint density at radius 1 is 1.53 bits per heavy atom. The predicted molar refractivity (Wildman–Crippen MR) is 74.8 cm³/mol. The summed E-state index contributed by atoms with van der Waals surface area (Å²) in [5, 5.41) is 7.54. The molecule has 0 spiro atoms. The van der Waals surface area contributed by atoms with E-state index in [2.05, 4.69) is 22.3 Å². The number of unbranched alkanes of at least 4 members (excludes halogenated alkanes) is 1. The molecule has 0 saturated carbocycles. The SMILES string of the molecule is CCCCNC(=S)Nc1ccc(C(=O)OC)s1. The van der Waals surface area contributed by atoms with Gasteiger partial charge in [0.05, 0.1) is 12.1 Å². The van der Waals surface area contributed by atoms with Crippen molar-refractivity contribution in [3.8, 4) is 0 Å². The smallest absolute Gasteiger partial charge is 0.348 e. The maximum Gasteiger partial charge on any atom is 0.348 e. The quantitative estimate of drug-likeness (QED) is 0.490. The van der Waals surface area contributed by atoms with Gasteiger partial charge in [-0.05, 0) is 30.8 Å². The maximum absolute atomic E-state index is 11.2. The lowest BCUT2D eigenvalue weighted by molar-refractivity contribution is 0.0606. The van der Waals surface area contributed by atoms with Crippen molar-refractivity contribution in [3.05, 3.63) is 17.0 Å². The molecule has 4 nitrogen and oxygen atoms in total. The second kappa shape index (κ2) is 7.24. The molecule has 0 radical (unpaired) electrons. The molecule has 0 atom stereocenters. The van der Waals surface area contributed by atoms with E-state index in [0.29, 0.717) is 9.99 Å². The molecule has 1 heterocycles. The average molecular weight is 272 g/mol. The molecular formula is C11H16N2O2S2. The van der Waals surface area contributed by atoms with Crippen LogP contribution in [0.25, 0.3) is 0 Å². The molecule has 0 aliphatic carbocycles. The zero-order chi connectivity index (χ0) is 12.7. The molecule has 0 amide bonds. The molecule has 0 unspecified atom stereocenters. The summed E-state index contributed by atoms with van der Waals surface area (Å²) in [6.07, 6.45) is 2.21. The average Bonchev–Trinajstić information content (AvgIpc) is 2.77. The van der Waals surface area contributed by atoms with E-state index in [9.17, 15) is 4.79 Å². The molecule has 0 saturated heterocycles. The van der Waals surface area contributed by atoms with E-state index in [-0.39, 0.29) is 5.97 Å². The monoisotopic (exact) mass is 272 g/mol. The van der Waals surface area contributed by atoms with E-state index in [4.69, 9.17) is 12.2 Å². The molecular weight excluding hydrogens is 256 g/mol. The fourth-order valence-electron chi connectivity index (χ4n) is 1.15. The van der Waals surface area contributed by atoms with E-state index in [1.165, 1.54) is 18.4 Å². The van der Waals surface area contributed by atoms with Gasteiger partial charge in [-0.15, -0.1) is 11.3 Å². The van der Waals surface area contributed by atoms with Crippen molar-refractivity contribution < 1.29 is 9.53 Å². The van der Waals surface area contributed by atoms with Crippen LogP contribution in [0.1, 0.15) is 29.4 Å². The minimum atomic E-state index is -0.326. The zero-order valence-electron chi connectivity index (χ0n) is 9.91. The fraction of sp³-hybridized carbons (Fsp3) is 0.455. The van der Waals surface area contributed by atoms with Crippen LogP contribution in [0.5, 0.6) is 0 Å². The number of carbonyl (C=O) groups is 1. The molecule has 0 bridgehead atoms. The van der Waals surface area contributed by atoms with Gasteiger partial charge in [-0.3, -0.25) is 0 Å². The summed E-state index contributed by atoms with van der Waals surface area (Å²) < 4.78 is 4.63. The van der Waals surface area contributed by atoms with Gasteiger partial charge in [-0.25, -0.2) is 4.79 Å². The summed E-state index contributed by atoms with van der Waals surface area (Å²) >= 11 is 6.44. The lowest BCUT2D eigenvalue weighted by Crippen LogP contribution is -2.28. The first-order chi connectivity index (χ1) is 8.17. The van der Waals surface area contributed by atoms with Crippen molar-refractivity contribution in [2.24, 2.45) is 0 Å². The molecule has 6 heteroatoms. The highest BCUT2D eigenvalue weighted by atomic mass is 32.1. The number of esters is 1. The number of thiophene rings is 1. The molecule has 1 aromatic heterocycles. The Hall–Kier alpha value is -1.14. The lowest BCUT2D eigenvalue weighted by atomic mass is 10.3. The summed E-state index contributed by atoms with van der Waals surface area (Å²) in [6.45, 7) is 2.98. The van der Waals surface area contributed by atoms with Crippen molar-refractivity contribution in [1.82, 2.24) is 5.32 Å². The first-order valence-electron chi connectivity index (χ1n) is 5.40. The first kappa shape index (κ1) is 13.9. The first-order valence-corrected chi connectivity index (χ1v) is 6.62. The minimum absolute atomic E-state index is 0.326. The molecule has 0 fully saturated rings. The summed E-state index contributed by atoms with van der Waals surface area (Å²) in [4.78, 5) is 11.8. The van der Waals surface area contributed by atoms with Crippen LogP contribution in [0.15, 0.2) is 12.1 Å². The number of anilines is 1. The van der Waals surface area contributed by atoms with Crippen molar-refractivity contribution in [3.63, 3.8) is 0 Å². The number of thiocarbonyl (C=S) groups is 1. The van der Waals surface area contributed by atoms with Gasteiger partial charge in [0.2, 0.25) is 0 Å². The zero-order valence-corrected chi connectivity index (χ0v) is 11.5. The number of ether oxygens (including phenoxy) is 1. The second-order valence-electron chi connectivity index (χ2n) is 3.39. The molecule has 17 heavy (non-hydrogen) atoms. The van der Waals surface area contributed by atoms with Crippen molar-refractivity contribution in [2.75, 3.05) is 19.0 Å². The van der Waals surface area contributed by atoms with Gasteiger partial charge in [0, 0.05) is 6.54 Å². The molecule has 0 aliphatic heterocycles. The Labute approximate surface area is 110 Å².